The van der Waals surface area contributed by atoms with Crippen LogP contribution in [0.5, 0.6) is 0 Å². The number of pyridine rings is 1. The fraction of sp³-hybridized carbons (Fsp3) is 0.391. The number of esters is 1. The van der Waals surface area contributed by atoms with Gasteiger partial charge < -0.3 is 10.1 Å². The molecule has 0 saturated carbocycles. The van der Waals surface area contributed by atoms with Crippen LogP contribution in [0.1, 0.15) is 41.0 Å². The molecular formula is C23H28F2IN5O2S. The summed E-state index contributed by atoms with van der Waals surface area (Å²) in [4.78, 5) is 24.0. The van der Waals surface area contributed by atoms with Crippen molar-refractivity contribution in [3.63, 3.8) is 0 Å². The van der Waals surface area contributed by atoms with E-state index < -0.39 is 17.6 Å². The maximum atomic E-state index is 14.6. The van der Waals surface area contributed by atoms with E-state index >= 15 is 0 Å². The van der Waals surface area contributed by atoms with Crippen LogP contribution < -0.4 is 5.32 Å². The third-order valence-electron chi connectivity index (χ3n) is 4.82. The number of aromatic nitrogens is 4. The van der Waals surface area contributed by atoms with E-state index in [1.165, 1.54) is 28.4 Å². The monoisotopic (exact) mass is 603 g/mol. The SMILES string of the molecule is CC.COC(=O)/C=C/CC(Nc1nc(-c2cn(SI)c3ncc(F)cc23)ncc1F)C(C)(C)C. The van der Waals surface area contributed by atoms with Gasteiger partial charge in [-0.15, -0.1) is 0 Å². The predicted octanol–water partition coefficient (Wildman–Crippen LogP) is 6.59. The lowest BCUT2D eigenvalue weighted by atomic mass is 9.84. The Morgan fingerprint density at radius 3 is 2.62 bits per heavy atom. The van der Waals surface area contributed by atoms with Gasteiger partial charge in [-0.1, -0.05) is 40.7 Å². The lowest BCUT2D eigenvalue weighted by molar-refractivity contribution is -0.134. The number of fused-ring (bicyclic) bond motifs is 1. The number of anilines is 1. The van der Waals surface area contributed by atoms with E-state index in [4.69, 9.17) is 0 Å². The molecule has 0 amide bonds. The Kier molecular flexibility index (Phi) is 10.2. The zero-order chi connectivity index (χ0) is 25.5. The van der Waals surface area contributed by atoms with Crippen LogP contribution in [0, 0.1) is 17.0 Å². The molecule has 184 valence electrons. The van der Waals surface area contributed by atoms with Crippen molar-refractivity contribution in [1.29, 1.82) is 0 Å². The highest BCUT2D eigenvalue weighted by Crippen LogP contribution is 2.33. The number of ether oxygens (including phenoxy) is 1. The van der Waals surface area contributed by atoms with Crippen LogP contribution in [0.2, 0.25) is 0 Å². The Balaban J connectivity index is 0.00000199. The van der Waals surface area contributed by atoms with Crippen LogP contribution in [0.3, 0.4) is 0 Å². The summed E-state index contributed by atoms with van der Waals surface area (Å²) in [5, 5.41) is 3.66. The Morgan fingerprint density at radius 2 is 2.00 bits per heavy atom. The molecule has 0 saturated heterocycles. The molecule has 3 aromatic heterocycles. The van der Waals surface area contributed by atoms with Gasteiger partial charge in [0.05, 0.1) is 19.5 Å². The van der Waals surface area contributed by atoms with Crippen LogP contribution in [-0.4, -0.2) is 38.0 Å². The van der Waals surface area contributed by atoms with E-state index in [9.17, 15) is 13.6 Å². The number of carbonyl (C=O) groups excluding carboxylic acids is 1. The van der Waals surface area contributed by atoms with E-state index in [1.807, 2.05) is 34.6 Å². The Labute approximate surface area is 214 Å². The number of hydrogen-bond acceptors (Lipinski definition) is 7. The van der Waals surface area contributed by atoms with Crippen LogP contribution >= 0.6 is 30.3 Å². The largest absolute Gasteiger partial charge is 0.466 e. The van der Waals surface area contributed by atoms with E-state index in [0.717, 1.165) is 12.4 Å². The van der Waals surface area contributed by atoms with Gasteiger partial charge in [-0.3, -0.25) is 3.97 Å². The maximum absolute atomic E-state index is 14.6. The van der Waals surface area contributed by atoms with Gasteiger partial charge in [0.15, 0.2) is 23.1 Å². The highest BCUT2D eigenvalue weighted by molar-refractivity contribution is 14.2. The summed E-state index contributed by atoms with van der Waals surface area (Å²) in [6.45, 7) is 9.99. The van der Waals surface area contributed by atoms with Crippen molar-refractivity contribution in [1.82, 2.24) is 18.9 Å². The lowest BCUT2D eigenvalue weighted by Crippen LogP contribution is -2.34. The molecule has 11 heteroatoms. The van der Waals surface area contributed by atoms with E-state index in [-0.39, 0.29) is 23.1 Å². The van der Waals surface area contributed by atoms with Crippen molar-refractivity contribution in [3.8, 4) is 11.4 Å². The van der Waals surface area contributed by atoms with E-state index in [0.29, 0.717) is 23.0 Å². The number of nitrogens with zero attached hydrogens (tertiary/aromatic N) is 4. The Morgan fingerprint density at radius 1 is 1.29 bits per heavy atom. The fourth-order valence-corrected chi connectivity index (χ4v) is 4.30. The van der Waals surface area contributed by atoms with Gasteiger partial charge in [0, 0.05) is 59.6 Å². The standard InChI is InChI=1S/C21H22F2IN5O2S.C2H6/c1-21(2,3)16(6-5-7-17(30)31-4)27-19-15(23)10-25-18(28-19)14-11-29(32-24)20-13(14)8-12(22)9-26-20;1-2/h5,7-11,16H,6H2,1-4H3,(H,25,27,28);1-2H3/b7-5+;. The minimum Gasteiger partial charge on any atom is -0.466 e. The second-order valence-corrected chi connectivity index (χ2v) is 9.79. The minimum absolute atomic E-state index is 0.0220. The Hall–Kier alpha value is -2.28. The van der Waals surface area contributed by atoms with Crippen molar-refractivity contribution in [2.24, 2.45) is 5.41 Å². The van der Waals surface area contributed by atoms with Gasteiger partial charge in [0.25, 0.3) is 0 Å². The summed E-state index contributed by atoms with van der Waals surface area (Å²) in [5.74, 6) is -1.29. The topological polar surface area (TPSA) is 81.9 Å². The summed E-state index contributed by atoms with van der Waals surface area (Å²) >= 11 is 2.09. The van der Waals surface area contributed by atoms with Crippen molar-refractivity contribution >= 4 is 53.1 Å². The first-order valence-corrected chi connectivity index (χ1v) is 13.9. The zero-order valence-corrected chi connectivity index (χ0v) is 22.9. The predicted molar refractivity (Wildman–Crippen MR) is 142 cm³/mol. The summed E-state index contributed by atoms with van der Waals surface area (Å²) in [7, 11) is 2.67. The normalized spacial score (nSPS) is 12.4. The molecule has 3 aromatic rings. The van der Waals surface area contributed by atoms with Crippen molar-refractivity contribution in [2.75, 3.05) is 12.4 Å². The van der Waals surface area contributed by atoms with Crippen molar-refractivity contribution in [2.45, 2.75) is 47.1 Å². The molecule has 1 unspecified atom stereocenters. The second kappa shape index (κ2) is 12.4. The number of hydrogen-bond donors (Lipinski definition) is 1. The van der Waals surface area contributed by atoms with Gasteiger partial charge in [0.2, 0.25) is 0 Å². The molecule has 0 aromatic carbocycles. The maximum Gasteiger partial charge on any atom is 0.330 e. The summed E-state index contributed by atoms with van der Waals surface area (Å²) < 4.78 is 34.9. The first-order valence-electron chi connectivity index (χ1n) is 10.6. The Bertz CT molecular complexity index is 1160. The summed E-state index contributed by atoms with van der Waals surface area (Å²) in [6.07, 6.45) is 7.42. The highest BCUT2D eigenvalue weighted by atomic mass is 127. The quantitative estimate of drug-likeness (QED) is 0.185. The summed E-state index contributed by atoms with van der Waals surface area (Å²) in [6, 6.07) is 1.11. The molecule has 1 N–H and O–H groups in total. The molecular weight excluding hydrogens is 575 g/mol. The number of nitrogens with one attached hydrogen (secondary N) is 1. The lowest BCUT2D eigenvalue weighted by Gasteiger charge is -2.31. The van der Waals surface area contributed by atoms with Gasteiger partial charge >= 0.3 is 5.97 Å². The molecule has 0 bridgehead atoms. The number of halogens is 3. The molecule has 3 rings (SSSR count). The average molecular weight is 603 g/mol. The highest BCUT2D eigenvalue weighted by Gasteiger charge is 2.26. The first-order chi connectivity index (χ1) is 16.1. The molecule has 0 aliphatic rings. The molecule has 0 aliphatic carbocycles. The van der Waals surface area contributed by atoms with E-state index in [2.05, 4.69) is 46.2 Å². The fourth-order valence-electron chi connectivity index (χ4n) is 3.05. The van der Waals surface area contributed by atoms with Gasteiger partial charge in [0.1, 0.15) is 5.82 Å². The smallest absolute Gasteiger partial charge is 0.330 e. The third-order valence-corrected chi connectivity index (χ3v) is 6.52. The van der Waals surface area contributed by atoms with E-state index in [1.54, 1.807) is 16.2 Å². The van der Waals surface area contributed by atoms with Gasteiger partial charge in [-0.2, -0.15) is 0 Å². The summed E-state index contributed by atoms with van der Waals surface area (Å²) in [5.41, 5.74) is 0.819. The van der Waals surface area contributed by atoms with Crippen LogP contribution in [0.25, 0.3) is 22.4 Å². The zero-order valence-electron chi connectivity index (χ0n) is 19.9. The van der Waals surface area contributed by atoms with Crippen molar-refractivity contribution in [3.05, 3.63) is 48.4 Å². The molecule has 34 heavy (non-hydrogen) atoms. The number of rotatable bonds is 7. The van der Waals surface area contributed by atoms with Gasteiger partial charge in [-0.05, 0) is 17.9 Å². The number of carbonyl (C=O) groups is 1. The second-order valence-electron chi connectivity index (χ2n) is 8.08. The molecule has 7 nitrogen and oxygen atoms in total. The molecule has 3 heterocycles. The third kappa shape index (κ3) is 6.87. The molecule has 0 radical (unpaired) electrons. The van der Waals surface area contributed by atoms with Gasteiger partial charge in [-0.25, -0.2) is 28.5 Å². The van der Waals surface area contributed by atoms with Crippen molar-refractivity contribution < 1.29 is 18.3 Å². The minimum atomic E-state index is -0.615. The first kappa shape index (κ1) is 28.0. The molecule has 0 aliphatic heterocycles. The molecule has 0 fully saturated rings. The molecule has 1 atom stereocenters. The number of methoxy groups -OCH3 is 1. The molecule has 0 spiro atoms. The van der Waals surface area contributed by atoms with Crippen LogP contribution in [-0.2, 0) is 9.53 Å². The van der Waals surface area contributed by atoms with Crippen LogP contribution in [0.15, 0.2) is 36.8 Å². The average Bonchev–Trinajstić information content (AvgIpc) is 3.17. The van der Waals surface area contributed by atoms with Crippen LogP contribution in [0.4, 0.5) is 14.6 Å².